The Labute approximate surface area is 322 Å². The molecule has 0 aliphatic rings. The molecule has 6 nitrogen and oxygen atoms in total. The molecule has 10 aromatic rings. The average Bonchev–Trinajstić information content (AvgIpc) is 3.78. The highest BCUT2D eigenvalue weighted by Gasteiger charge is 2.22. The number of aromatic nitrogens is 3. The standard InChI is InChI=1S/C50H28N6/c1-53-44-15-7-4-12-37(44)34-20-23-48-43(28-34)39-14-6-9-17-46(39)56(48)50-31-54-25-24-41(50)40-21-18-32(29-51)26-49(40)55-45-16-8-5-13-38(45)42-27-33(19-22-47(42)55)36-11-3-2-10-35(36)30-52/h2-28,31H. The maximum Gasteiger partial charge on any atom is 0.194 e. The van der Waals surface area contributed by atoms with Crippen LogP contribution < -0.4 is 0 Å². The van der Waals surface area contributed by atoms with Crippen LogP contribution in [0.15, 0.2) is 170 Å². The summed E-state index contributed by atoms with van der Waals surface area (Å²) in [6.45, 7) is 7.78. The molecule has 0 unspecified atom stereocenters. The molecule has 0 saturated heterocycles. The number of rotatable bonds is 5. The lowest BCUT2D eigenvalue weighted by Crippen LogP contribution is -2.02. The van der Waals surface area contributed by atoms with Crippen molar-refractivity contribution in [2.45, 2.75) is 0 Å². The first-order valence-electron chi connectivity index (χ1n) is 18.2. The van der Waals surface area contributed by atoms with Crippen molar-refractivity contribution < 1.29 is 0 Å². The fourth-order valence-corrected chi connectivity index (χ4v) is 8.25. The number of para-hydroxylation sites is 3. The van der Waals surface area contributed by atoms with Crippen molar-refractivity contribution >= 4 is 49.3 Å². The SMILES string of the molecule is [C-]#[N+]c1ccccc1-c1ccc2c(c1)c1ccccc1n2-c1cnccc1-c1ccc(C#N)cc1-n1c2ccccc2c2cc(-c3ccccc3C#N)ccc21. The van der Waals surface area contributed by atoms with Gasteiger partial charge in [0.1, 0.15) is 0 Å². The molecule has 258 valence electrons. The van der Waals surface area contributed by atoms with Gasteiger partial charge < -0.3 is 9.13 Å². The van der Waals surface area contributed by atoms with Crippen LogP contribution in [0.3, 0.4) is 0 Å². The molecule has 6 heteroatoms. The van der Waals surface area contributed by atoms with Gasteiger partial charge in [-0.25, -0.2) is 4.85 Å². The van der Waals surface area contributed by atoms with Crippen LogP contribution in [-0.2, 0) is 0 Å². The van der Waals surface area contributed by atoms with Crippen molar-refractivity contribution in [3.05, 3.63) is 193 Å². The van der Waals surface area contributed by atoms with Gasteiger partial charge in [0.2, 0.25) is 0 Å². The Balaban J connectivity index is 1.23. The summed E-state index contributed by atoms with van der Waals surface area (Å²) >= 11 is 0. The number of benzene rings is 7. The predicted octanol–water partition coefficient (Wildman–Crippen LogP) is 12.6. The molecule has 0 saturated carbocycles. The summed E-state index contributed by atoms with van der Waals surface area (Å²) in [7, 11) is 0. The molecule has 0 atom stereocenters. The number of hydrogen-bond donors (Lipinski definition) is 0. The molecule has 56 heavy (non-hydrogen) atoms. The van der Waals surface area contributed by atoms with E-state index in [2.05, 4.69) is 104 Å². The molecule has 0 N–H and O–H groups in total. The highest BCUT2D eigenvalue weighted by atomic mass is 15.0. The van der Waals surface area contributed by atoms with Gasteiger partial charge >= 0.3 is 0 Å². The van der Waals surface area contributed by atoms with Crippen LogP contribution in [0.5, 0.6) is 0 Å². The van der Waals surface area contributed by atoms with Crippen LogP contribution in [0, 0.1) is 29.2 Å². The molecule has 0 radical (unpaired) electrons. The van der Waals surface area contributed by atoms with E-state index in [1.807, 2.05) is 97.3 Å². The van der Waals surface area contributed by atoms with Gasteiger partial charge in [0.05, 0.1) is 69.5 Å². The monoisotopic (exact) mass is 712 g/mol. The first-order valence-corrected chi connectivity index (χ1v) is 18.2. The van der Waals surface area contributed by atoms with Crippen LogP contribution in [-0.4, -0.2) is 14.1 Å². The third kappa shape index (κ3) is 4.97. The number of nitriles is 2. The molecule has 0 aliphatic heterocycles. The summed E-state index contributed by atoms with van der Waals surface area (Å²) in [5.41, 5.74) is 13.2. The number of hydrogen-bond acceptors (Lipinski definition) is 3. The van der Waals surface area contributed by atoms with E-state index >= 15 is 0 Å². The first-order chi connectivity index (χ1) is 27.7. The third-order valence-electron chi connectivity index (χ3n) is 10.7. The number of pyridine rings is 1. The summed E-state index contributed by atoms with van der Waals surface area (Å²) in [6, 6.07) is 57.5. The lowest BCUT2D eigenvalue weighted by molar-refractivity contribution is 1.13. The Bertz CT molecular complexity index is 3360. The molecule has 0 aliphatic carbocycles. The van der Waals surface area contributed by atoms with E-state index in [0.29, 0.717) is 16.8 Å². The predicted molar refractivity (Wildman–Crippen MR) is 225 cm³/mol. The second-order valence-electron chi connectivity index (χ2n) is 13.7. The summed E-state index contributed by atoms with van der Waals surface area (Å²) in [4.78, 5) is 8.47. The minimum absolute atomic E-state index is 0.550. The molecular formula is C50H28N6. The van der Waals surface area contributed by atoms with Crippen LogP contribution >= 0.6 is 0 Å². The van der Waals surface area contributed by atoms with Crippen molar-refractivity contribution in [1.29, 1.82) is 10.5 Å². The van der Waals surface area contributed by atoms with Crippen LogP contribution in [0.2, 0.25) is 0 Å². The molecule has 0 amide bonds. The summed E-state index contributed by atoms with van der Waals surface area (Å²) in [5.74, 6) is 0. The molecular weight excluding hydrogens is 685 g/mol. The van der Waals surface area contributed by atoms with Gasteiger partial charge in [0.25, 0.3) is 0 Å². The molecule has 0 fully saturated rings. The van der Waals surface area contributed by atoms with E-state index in [9.17, 15) is 10.5 Å². The normalized spacial score (nSPS) is 11.2. The molecule has 3 heterocycles. The van der Waals surface area contributed by atoms with E-state index in [1.165, 1.54) is 0 Å². The second kappa shape index (κ2) is 13.0. The quantitative estimate of drug-likeness (QED) is 0.167. The smallest absolute Gasteiger partial charge is 0.194 e. The molecule has 0 bridgehead atoms. The average molecular weight is 713 g/mol. The zero-order valence-corrected chi connectivity index (χ0v) is 29.8. The van der Waals surface area contributed by atoms with Crippen molar-refractivity contribution in [3.8, 4) is 56.9 Å². The molecule has 7 aromatic carbocycles. The van der Waals surface area contributed by atoms with E-state index in [-0.39, 0.29) is 0 Å². The summed E-state index contributed by atoms with van der Waals surface area (Å²) < 4.78 is 4.52. The first kappa shape index (κ1) is 32.4. The zero-order chi connectivity index (χ0) is 37.8. The second-order valence-corrected chi connectivity index (χ2v) is 13.7. The van der Waals surface area contributed by atoms with Crippen LogP contribution in [0.1, 0.15) is 11.1 Å². The number of nitrogens with zero attached hydrogens (tertiary/aromatic N) is 6. The van der Waals surface area contributed by atoms with E-state index in [0.717, 1.165) is 88.4 Å². The minimum atomic E-state index is 0.550. The maximum absolute atomic E-state index is 10.2. The maximum atomic E-state index is 10.2. The molecule has 3 aromatic heterocycles. The number of fused-ring (bicyclic) bond motifs is 6. The topological polar surface area (TPSA) is 74.7 Å². The highest BCUT2D eigenvalue weighted by Crippen LogP contribution is 2.43. The summed E-state index contributed by atoms with van der Waals surface area (Å²) in [5, 5.41) is 24.4. The van der Waals surface area contributed by atoms with Crippen LogP contribution in [0.25, 0.3) is 93.2 Å². The molecule has 0 spiro atoms. The fraction of sp³-hybridized carbons (Fsp3) is 0. The van der Waals surface area contributed by atoms with Crippen LogP contribution in [0.4, 0.5) is 5.69 Å². The van der Waals surface area contributed by atoms with Gasteiger partial charge in [0, 0.05) is 38.9 Å². The highest BCUT2D eigenvalue weighted by molar-refractivity contribution is 6.13. The fourth-order valence-electron chi connectivity index (χ4n) is 8.25. The van der Waals surface area contributed by atoms with Gasteiger partial charge in [-0.2, -0.15) is 10.5 Å². The largest absolute Gasteiger partial charge is 0.309 e. The van der Waals surface area contributed by atoms with Crippen molar-refractivity contribution in [2.75, 3.05) is 0 Å². The van der Waals surface area contributed by atoms with Gasteiger partial charge in [0.15, 0.2) is 5.69 Å². The zero-order valence-electron chi connectivity index (χ0n) is 29.8. The lowest BCUT2D eigenvalue weighted by Gasteiger charge is -2.18. The molecule has 10 rings (SSSR count). The Morgan fingerprint density at radius 1 is 0.482 bits per heavy atom. The third-order valence-corrected chi connectivity index (χ3v) is 10.7. The Morgan fingerprint density at radius 2 is 1.05 bits per heavy atom. The summed E-state index contributed by atoms with van der Waals surface area (Å²) in [6.07, 6.45) is 3.73. The van der Waals surface area contributed by atoms with E-state index in [1.54, 1.807) is 0 Å². The van der Waals surface area contributed by atoms with Gasteiger partial charge in [-0.3, -0.25) is 4.98 Å². The van der Waals surface area contributed by atoms with Gasteiger partial charge in [-0.05, 0) is 82.9 Å². The van der Waals surface area contributed by atoms with Gasteiger partial charge in [-0.1, -0.05) is 97.1 Å². The minimum Gasteiger partial charge on any atom is -0.309 e. The Morgan fingerprint density at radius 3 is 1.73 bits per heavy atom. The Hall–Kier alpha value is -8.24. The van der Waals surface area contributed by atoms with Crippen molar-refractivity contribution in [3.63, 3.8) is 0 Å². The van der Waals surface area contributed by atoms with E-state index in [4.69, 9.17) is 6.57 Å². The Kier molecular flexibility index (Phi) is 7.53. The van der Waals surface area contributed by atoms with Crippen molar-refractivity contribution in [2.24, 2.45) is 0 Å². The van der Waals surface area contributed by atoms with Gasteiger partial charge in [-0.15, -0.1) is 0 Å². The van der Waals surface area contributed by atoms with Crippen molar-refractivity contribution in [1.82, 2.24) is 14.1 Å². The van der Waals surface area contributed by atoms with E-state index < -0.39 is 0 Å². The lowest BCUT2D eigenvalue weighted by atomic mass is 9.98.